The molecule has 1 aromatic carbocycles. The fraction of sp³-hybridized carbons (Fsp3) is 0.400. The molecule has 11 heavy (non-hydrogen) atoms. The summed E-state index contributed by atoms with van der Waals surface area (Å²) < 4.78 is 0. The third kappa shape index (κ3) is 1.12. The zero-order chi connectivity index (χ0) is 7.84. The molecule has 0 saturated carbocycles. The largest absolute Gasteiger partial charge is 0.0838 e. The maximum Gasteiger partial charge on any atom is 0.0403 e. The van der Waals surface area contributed by atoms with Crippen LogP contribution in [-0.2, 0) is 0 Å². The van der Waals surface area contributed by atoms with Crippen LogP contribution >= 0.6 is 15.9 Å². The molecule has 0 spiro atoms. The minimum absolute atomic E-state index is 0.591. The van der Waals surface area contributed by atoms with Crippen LogP contribution in [0.15, 0.2) is 24.3 Å². The summed E-state index contributed by atoms with van der Waals surface area (Å²) in [5.74, 6) is 0.732. The van der Waals surface area contributed by atoms with E-state index in [1.54, 1.807) is 0 Å². The topological polar surface area (TPSA) is 0 Å². The molecule has 0 aliphatic heterocycles. The zero-order valence-corrected chi connectivity index (χ0v) is 8.14. The monoisotopic (exact) mass is 210 g/mol. The molecule has 0 nitrogen and oxygen atoms in total. The van der Waals surface area contributed by atoms with Gasteiger partial charge in [-0.1, -0.05) is 47.1 Å². The van der Waals surface area contributed by atoms with Crippen LogP contribution in [0.5, 0.6) is 0 Å². The molecule has 0 heterocycles. The number of fused-ring (bicyclic) bond motifs is 1. The van der Waals surface area contributed by atoms with Gasteiger partial charge in [-0.25, -0.2) is 0 Å². The lowest BCUT2D eigenvalue weighted by Gasteiger charge is -2.01. The Kier molecular flexibility index (Phi) is 1.76. The van der Waals surface area contributed by atoms with Gasteiger partial charge in [0.2, 0.25) is 0 Å². The summed E-state index contributed by atoms with van der Waals surface area (Å²) >= 11 is 3.68. The average Bonchev–Trinajstić information content (AvgIpc) is 2.30. The smallest absolute Gasteiger partial charge is 0.0403 e. The molecular weight excluding hydrogens is 200 g/mol. The molecule has 1 heteroatoms. The number of hydrogen-bond acceptors (Lipinski definition) is 0. The normalized spacial score (nSPS) is 28.5. The molecular formula is C10H11Br. The van der Waals surface area contributed by atoms with E-state index in [4.69, 9.17) is 0 Å². The lowest BCUT2D eigenvalue weighted by Crippen LogP contribution is -1.83. The van der Waals surface area contributed by atoms with Crippen molar-refractivity contribution in [1.82, 2.24) is 0 Å². The standard InChI is InChI=1S/C10H11Br/c1-7-6-10(11)9-5-3-2-4-8(7)9/h2-5,7,10H,6H2,1H3/t7-,10?/m0/s1. The van der Waals surface area contributed by atoms with Gasteiger partial charge in [0, 0.05) is 4.83 Å². The van der Waals surface area contributed by atoms with Crippen molar-refractivity contribution in [1.29, 1.82) is 0 Å². The van der Waals surface area contributed by atoms with Gasteiger partial charge in [0.1, 0.15) is 0 Å². The van der Waals surface area contributed by atoms with Gasteiger partial charge in [0.25, 0.3) is 0 Å². The number of benzene rings is 1. The molecule has 1 unspecified atom stereocenters. The summed E-state index contributed by atoms with van der Waals surface area (Å²) in [6.07, 6.45) is 1.25. The van der Waals surface area contributed by atoms with Crippen LogP contribution in [0.4, 0.5) is 0 Å². The van der Waals surface area contributed by atoms with Crippen LogP contribution in [0.3, 0.4) is 0 Å². The molecule has 1 aliphatic carbocycles. The van der Waals surface area contributed by atoms with Crippen molar-refractivity contribution < 1.29 is 0 Å². The lowest BCUT2D eigenvalue weighted by molar-refractivity contribution is 0.743. The van der Waals surface area contributed by atoms with E-state index in [-0.39, 0.29) is 0 Å². The Hall–Kier alpha value is -0.300. The van der Waals surface area contributed by atoms with Gasteiger partial charge >= 0.3 is 0 Å². The molecule has 1 aromatic rings. The second-order valence-corrected chi connectivity index (χ2v) is 4.34. The van der Waals surface area contributed by atoms with Gasteiger partial charge < -0.3 is 0 Å². The van der Waals surface area contributed by atoms with Crippen molar-refractivity contribution in [2.75, 3.05) is 0 Å². The summed E-state index contributed by atoms with van der Waals surface area (Å²) in [7, 11) is 0. The Balaban J connectivity index is 2.52. The SMILES string of the molecule is C[C@H]1CC(Br)c2ccccc21. The molecule has 0 fully saturated rings. The van der Waals surface area contributed by atoms with Gasteiger partial charge in [-0.05, 0) is 23.5 Å². The Morgan fingerprint density at radius 3 is 2.55 bits per heavy atom. The minimum Gasteiger partial charge on any atom is -0.0838 e. The van der Waals surface area contributed by atoms with E-state index in [1.807, 2.05) is 0 Å². The van der Waals surface area contributed by atoms with E-state index in [1.165, 1.54) is 17.5 Å². The highest BCUT2D eigenvalue weighted by Gasteiger charge is 2.24. The van der Waals surface area contributed by atoms with E-state index in [0.717, 1.165) is 5.92 Å². The molecule has 2 rings (SSSR count). The van der Waals surface area contributed by atoms with E-state index in [0.29, 0.717) is 4.83 Å². The highest BCUT2D eigenvalue weighted by molar-refractivity contribution is 9.09. The predicted octanol–water partition coefficient (Wildman–Crippen LogP) is 3.63. The van der Waals surface area contributed by atoms with Crippen LogP contribution in [0, 0.1) is 0 Å². The van der Waals surface area contributed by atoms with Crippen LogP contribution in [0.1, 0.15) is 35.2 Å². The third-order valence-electron chi connectivity index (χ3n) is 2.42. The van der Waals surface area contributed by atoms with E-state index >= 15 is 0 Å². The van der Waals surface area contributed by atoms with Crippen molar-refractivity contribution in [2.45, 2.75) is 24.1 Å². The van der Waals surface area contributed by atoms with Crippen molar-refractivity contribution in [3.05, 3.63) is 35.4 Å². The lowest BCUT2D eigenvalue weighted by atomic mass is 10.0. The van der Waals surface area contributed by atoms with Gasteiger partial charge in [-0.2, -0.15) is 0 Å². The van der Waals surface area contributed by atoms with Crippen molar-refractivity contribution in [3.63, 3.8) is 0 Å². The first-order valence-electron chi connectivity index (χ1n) is 4.02. The minimum atomic E-state index is 0.591. The number of rotatable bonds is 0. The molecule has 58 valence electrons. The van der Waals surface area contributed by atoms with Crippen LogP contribution < -0.4 is 0 Å². The van der Waals surface area contributed by atoms with E-state index in [9.17, 15) is 0 Å². The summed E-state index contributed by atoms with van der Waals surface area (Å²) in [6.45, 7) is 2.29. The number of alkyl halides is 1. The van der Waals surface area contributed by atoms with Crippen molar-refractivity contribution in [2.24, 2.45) is 0 Å². The van der Waals surface area contributed by atoms with Gasteiger partial charge in [0.15, 0.2) is 0 Å². The summed E-state index contributed by atoms with van der Waals surface area (Å²) in [6, 6.07) is 8.70. The third-order valence-corrected chi connectivity index (χ3v) is 3.29. The first-order valence-corrected chi connectivity index (χ1v) is 4.93. The predicted molar refractivity (Wildman–Crippen MR) is 51.1 cm³/mol. The summed E-state index contributed by atoms with van der Waals surface area (Å²) in [4.78, 5) is 0.591. The summed E-state index contributed by atoms with van der Waals surface area (Å²) in [5.41, 5.74) is 3.01. The number of hydrogen-bond donors (Lipinski definition) is 0. The van der Waals surface area contributed by atoms with Crippen molar-refractivity contribution in [3.8, 4) is 0 Å². The molecule has 0 radical (unpaired) electrons. The van der Waals surface area contributed by atoms with E-state index in [2.05, 4.69) is 47.1 Å². The van der Waals surface area contributed by atoms with Crippen molar-refractivity contribution >= 4 is 15.9 Å². The number of halogens is 1. The van der Waals surface area contributed by atoms with Gasteiger partial charge in [0.05, 0.1) is 0 Å². The summed E-state index contributed by atoms with van der Waals surface area (Å²) in [5, 5.41) is 0. The molecule has 0 amide bonds. The highest BCUT2D eigenvalue weighted by Crippen LogP contribution is 2.44. The highest BCUT2D eigenvalue weighted by atomic mass is 79.9. The zero-order valence-electron chi connectivity index (χ0n) is 6.55. The molecule has 0 aromatic heterocycles. The Morgan fingerprint density at radius 1 is 1.27 bits per heavy atom. The van der Waals surface area contributed by atoms with Crippen LogP contribution in [0.25, 0.3) is 0 Å². The Bertz CT molecular complexity index is 240. The fourth-order valence-electron chi connectivity index (χ4n) is 1.81. The maximum absolute atomic E-state index is 3.68. The average molecular weight is 211 g/mol. The fourth-order valence-corrected chi connectivity index (χ4v) is 2.79. The quantitative estimate of drug-likeness (QED) is 0.575. The Morgan fingerprint density at radius 2 is 1.91 bits per heavy atom. The molecule has 0 N–H and O–H groups in total. The Labute approximate surface area is 75.8 Å². The van der Waals surface area contributed by atoms with Crippen LogP contribution in [0.2, 0.25) is 0 Å². The second-order valence-electron chi connectivity index (χ2n) is 3.23. The second kappa shape index (κ2) is 2.63. The maximum atomic E-state index is 3.68. The van der Waals surface area contributed by atoms with Gasteiger partial charge in [-0.15, -0.1) is 0 Å². The van der Waals surface area contributed by atoms with Crippen LogP contribution in [-0.4, -0.2) is 0 Å². The van der Waals surface area contributed by atoms with Gasteiger partial charge in [-0.3, -0.25) is 0 Å². The first-order chi connectivity index (χ1) is 5.29. The molecule has 2 atom stereocenters. The molecule has 0 bridgehead atoms. The molecule has 0 saturated heterocycles. The molecule has 1 aliphatic rings. The van der Waals surface area contributed by atoms with E-state index < -0.39 is 0 Å². The first kappa shape index (κ1) is 7.35.